The lowest BCUT2D eigenvalue weighted by atomic mass is 10.1. The van der Waals surface area contributed by atoms with Crippen molar-refractivity contribution in [3.63, 3.8) is 0 Å². The molecule has 0 amide bonds. The van der Waals surface area contributed by atoms with Crippen molar-refractivity contribution in [1.29, 1.82) is 0 Å². The number of benzene rings is 3. The highest BCUT2D eigenvalue weighted by Crippen LogP contribution is 2.21. The second-order valence-electron chi connectivity index (χ2n) is 6.64. The number of nitrogens with zero attached hydrogens (tertiary/aromatic N) is 6. The zero-order valence-corrected chi connectivity index (χ0v) is 15.1. The molecule has 0 aliphatic heterocycles. The standard InChI is InChI=1S/C22H18N6/c1-2-8-17(9-3-1)16-18(28-22-13-7-5-11-20(22)24-26-28)14-15-27-21-12-6-4-10-19(21)23-25-27/h1-15,18H,16H2/b15-14+. The molecule has 28 heavy (non-hydrogen) atoms. The van der Waals surface area contributed by atoms with Crippen LogP contribution in [0.5, 0.6) is 0 Å². The molecule has 136 valence electrons. The quantitative estimate of drug-likeness (QED) is 0.469. The maximum absolute atomic E-state index is 4.42. The van der Waals surface area contributed by atoms with Crippen LogP contribution in [0.2, 0.25) is 0 Å². The molecule has 1 unspecified atom stereocenters. The van der Waals surface area contributed by atoms with Gasteiger partial charge in [0, 0.05) is 6.20 Å². The van der Waals surface area contributed by atoms with Gasteiger partial charge in [0.2, 0.25) is 0 Å². The van der Waals surface area contributed by atoms with E-state index in [-0.39, 0.29) is 6.04 Å². The highest BCUT2D eigenvalue weighted by Gasteiger charge is 2.14. The normalized spacial score (nSPS) is 12.9. The molecule has 0 radical (unpaired) electrons. The molecule has 6 heteroatoms. The van der Waals surface area contributed by atoms with E-state index in [9.17, 15) is 0 Å². The zero-order chi connectivity index (χ0) is 18.8. The summed E-state index contributed by atoms with van der Waals surface area (Å²) in [6.07, 6.45) is 4.87. The van der Waals surface area contributed by atoms with Gasteiger partial charge in [-0.25, -0.2) is 9.36 Å². The molecule has 0 spiro atoms. The number of fused-ring (bicyclic) bond motifs is 2. The molecule has 6 nitrogen and oxygen atoms in total. The Bertz CT molecular complexity index is 1250. The minimum atomic E-state index is -0.00207. The van der Waals surface area contributed by atoms with Gasteiger partial charge in [0.15, 0.2) is 0 Å². The van der Waals surface area contributed by atoms with E-state index in [1.54, 1.807) is 4.68 Å². The molecule has 0 saturated carbocycles. The summed E-state index contributed by atoms with van der Waals surface area (Å²) in [5.41, 5.74) is 4.98. The van der Waals surface area contributed by atoms with Crippen LogP contribution in [-0.2, 0) is 6.42 Å². The SMILES string of the molecule is C(=C\n1nnc2ccccc21)/C(Cc1ccccc1)n1nnc2ccccc21. The van der Waals surface area contributed by atoms with Gasteiger partial charge in [-0.2, -0.15) is 0 Å². The Hall–Kier alpha value is -3.80. The van der Waals surface area contributed by atoms with Gasteiger partial charge in [-0.3, -0.25) is 0 Å². The molecule has 2 aromatic heterocycles. The van der Waals surface area contributed by atoms with Crippen molar-refractivity contribution in [2.45, 2.75) is 12.5 Å². The van der Waals surface area contributed by atoms with Gasteiger partial charge in [-0.05, 0) is 42.3 Å². The smallest absolute Gasteiger partial charge is 0.113 e. The van der Waals surface area contributed by atoms with E-state index in [1.807, 2.05) is 65.5 Å². The molecular formula is C22H18N6. The fourth-order valence-corrected chi connectivity index (χ4v) is 3.40. The van der Waals surface area contributed by atoms with Crippen LogP contribution < -0.4 is 0 Å². The number of rotatable bonds is 5. The Morgan fingerprint density at radius 2 is 1.36 bits per heavy atom. The molecule has 0 fully saturated rings. The van der Waals surface area contributed by atoms with Crippen LogP contribution in [0.15, 0.2) is 84.9 Å². The Balaban J connectivity index is 1.55. The molecular weight excluding hydrogens is 348 g/mol. The van der Waals surface area contributed by atoms with Gasteiger partial charge >= 0.3 is 0 Å². The molecule has 5 aromatic rings. The van der Waals surface area contributed by atoms with Gasteiger partial charge in [0.25, 0.3) is 0 Å². The average Bonchev–Trinajstić information content (AvgIpc) is 3.36. The minimum Gasteiger partial charge on any atom is -0.237 e. The summed E-state index contributed by atoms with van der Waals surface area (Å²) in [5.74, 6) is 0. The number of allylic oxidation sites excluding steroid dienone is 1. The van der Waals surface area contributed by atoms with Crippen molar-refractivity contribution in [3.05, 3.63) is 90.5 Å². The van der Waals surface area contributed by atoms with E-state index in [0.717, 1.165) is 28.5 Å². The first-order valence-corrected chi connectivity index (χ1v) is 9.20. The molecule has 3 aromatic carbocycles. The average molecular weight is 366 g/mol. The van der Waals surface area contributed by atoms with Crippen LogP contribution in [0.3, 0.4) is 0 Å². The third-order valence-electron chi connectivity index (χ3n) is 4.81. The largest absolute Gasteiger partial charge is 0.237 e. The lowest BCUT2D eigenvalue weighted by Crippen LogP contribution is -2.12. The van der Waals surface area contributed by atoms with Crippen molar-refractivity contribution in [2.75, 3.05) is 0 Å². The predicted octanol–water partition coefficient (Wildman–Crippen LogP) is 4.13. The van der Waals surface area contributed by atoms with Gasteiger partial charge in [0.1, 0.15) is 11.0 Å². The Morgan fingerprint density at radius 3 is 2.18 bits per heavy atom. The van der Waals surface area contributed by atoms with Crippen LogP contribution in [0.1, 0.15) is 11.6 Å². The molecule has 0 saturated heterocycles. The highest BCUT2D eigenvalue weighted by molar-refractivity contribution is 5.76. The molecule has 1 atom stereocenters. The van der Waals surface area contributed by atoms with Gasteiger partial charge in [-0.15, -0.1) is 10.2 Å². The molecule has 0 aliphatic rings. The number of para-hydroxylation sites is 2. The third-order valence-corrected chi connectivity index (χ3v) is 4.81. The molecule has 0 aliphatic carbocycles. The summed E-state index contributed by atoms with van der Waals surface area (Å²) < 4.78 is 3.77. The fraction of sp³-hybridized carbons (Fsp3) is 0.0909. The van der Waals surface area contributed by atoms with Crippen LogP contribution >= 0.6 is 0 Å². The first-order valence-electron chi connectivity index (χ1n) is 9.20. The Kier molecular flexibility index (Phi) is 4.14. The van der Waals surface area contributed by atoms with Gasteiger partial charge in [-0.1, -0.05) is 65.0 Å². The summed E-state index contributed by atoms with van der Waals surface area (Å²) in [6.45, 7) is 0. The van der Waals surface area contributed by atoms with Crippen molar-refractivity contribution in [2.24, 2.45) is 0 Å². The van der Waals surface area contributed by atoms with E-state index in [0.29, 0.717) is 0 Å². The van der Waals surface area contributed by atoms with Crippen LogP contribution in [0.4, 0.5) is 0 Å². The van der Waals surface area contributed by atoms with Gasteiger partial charge < -0.3 is 0 Å². The van der Waals surface area contributed by atoms with E-state index < -0.39 is 0 Å². The van der Waals surface area contributed by atoms with E-state index in [4.69, 9.17) is 0 Å². The monoisotopic (exact) mass is 366 g/mol. The molecule has 5 rings (SSSR count). The maximum atomic E-state index is 4.42. The Morgan fingerprint density at radius 1 is 0.714 bits per heavy atom. The minimum absolute atomic E-state index is 0.00207. The maximum Gasteiger partial charge on any atom is 0.113 e. The first kappa shape index (κ1) is 16.4. The van der Waals surface area contributed by atoms with Crippen molar-refractivity contribution in [1.82, 2.24) is 30.0 Å². The van der Waals surface area contributed by atoms with Crippen molar-refractivity contribution >= 4 is 28.3 Å². The van der Waals surface area contributed by atoms with Crippen molar-refractivity contribution < 1.29 is 0 Å². The predicted molar refractivity (Wildman–Crippen MR) is 110 cm³/mol. The molecule has 0 N–H and O–H groups in total. The van der Waals surface area contributed by atoms with E-state index in [2.05, 4.69) is 51.0 Å². The molecule has 0 bridgehead atoms. The van der Waals surface area contributed by atoms with Gasteiger partial charge in [0.05, 0.1) is 17.1 Å². The highest BCUT2D eigenvalue weighted by atomic mass is 15.4. The summed E-state index contributed by atoms with van der Waals surface area (Å²) in [6, 6.07) is 26.3. The van der Waals surface area contributed by atoms with E-state index >= 15 is 0 Å². The first-order chi connectivity index (χ1) is 13.9. The summed E-state index contributed by atoms with van der Waals surface area (Å²) in [5, 5.41) is 17.2. The Labute approximate surface area is 161 Å². The molecule has 2 heterocycles. The fourth-order valence-electron chi connectivity index (χ4n) is 3.40. The summed E-state index contributed by atoms with van der Waals surface area (Å²) in [7, 11) is 0. The lowest BCUT2D eigenvalue weighted by Gasteiger charge is -2.14. The lowest BCUT2D eigenvalue weighted by molar-refractivity contribution is 0.533. The van der Waals surface area contributed by atoms with E-state index in [1.165, 1.54) is 5.56 Å². The van der Waals surface area contributed by atoms with Crippen LogP contribution in [0.25, 0.3) is 28.3 Å². The summed E-state index contributed by atoms with van der Waals surface area (Å²) >= 11 is 0. The zero-order valence-electron chi connectivity index (χ0n) is 15.1. The second kappa shape index (κ2) is 7.08. The van der Waals surface area contributed by atoms with Crippen LogP contribution in [0, 0.1) is 0 Å². The number of hydrogen-bond donors (Lipinski definition) is 0. The third kappa shape index (κ3) is 3.05. The topological polar surface area (TPSA) is 61.4 Å². The summed E-state index contributed by atoms with van der Waals surface area (Å²) in [4.78, 5) is 0. The number of aromatic nitrogens is 6. The number of hydrogen-bond acceptors (Lipinski definition) is 4. The van der Waals surface area contributed by atoms with Crippen LogP contribution in [-0.4, -0.2) is 30.0 Å². The van der Waals surface area contributed by atoms with Crippen molar-refractivity contribution in [3.8, 4) is 0 Å². The second-order valence-corrected chi connectivity index (χ2v) is 6.64.